The standard InChI is InChI=1S/C26H32ClNO6/c1-5-6-7-8-11-33-22-10-9-19(15-23(22)32-4)14-21(26(30)31)28-24(29)16-34-20-12-17(2)25(27)18(3)13-20/h9-10,12-15H,5-8,11,16H2,1-4H3,(H,28,29)(H,30,31)/p-1/b21-14+. The predicted octanol–water partition coefficient (Wildman–Crippen LogP) is 4.21. The van der Waals surface area contributed by atoms with Gasteiger partial charge in [0.25, 0.3) is 5.91 Å². The number of ether oxygens (including phenoxy) is 3. The van der Waals surface area contributed by atoms with Crippen LogP contribution in [0.1, 0.15) is 49.3 Å². The Morgan fingerprint density at radius 3 is 2.35 bits per heavy atom. The van der Waals surface area contributed by atoms with E-state index >= 15 is 0 Å². The van der Waals surface area contributed by atoms with E-state index < -0.39 is 17.6 Å². The number of carbonyl (C=O) groups excluding carboxylic acids is 2. The van der Waals surface area contributed by atoms with Gasteiger partial charge in [0.1, 0.15) is 5.75 Å². The number of halogens is 1. The van der Waals surface area contributed by atoms with Crippen molar-refractivity contribution < 1.29 is 28.9 Å². The van der Waals surface area contributed by atoms with Crippen molar-refractivity contribution in [2.24, 2.45) is 0 Å². The van der Waals surface area contributed by atoms with Gasteiger partial charge in [-0.3, -0.25) is 4.79 Å². The number of hydrogen-bond acceptors (Lipinski definition) is 6. The lowest BCUT2D eigenvalue weighted by Gasteiger charge is -2.14. The first-order valence-electron chi connectivity index (χ1n) is 11.2. The van der Waals surface area contributed by atoms with E-state index in [1.165, 1.54) is 13.2 Å². The summed E-state index contributed by atoms with van der Waals surface area (Å²) in [6.45, 7) is 6.00. The molecule has 0 saturated carbocycles. The molecule has 8 heteroatoms. The molecule has 0 radical (unpaired) electrons. The highest BCUT2D eigenvalue weighted by Crippen LogP contribution is 2.29. The molecule has 0 aliphatic carbocycles. The van der Waals surface area contributed by atoms with Crippen LogP contribution in [-0.2, 0) is 9.59 Å². The fourth-order valence-corrected chi connectivity index (χ4v) is 3.35. The van der Waals surface area contributed by atoms with Crippen molar-refractivity contribution in [1.29, 1.82) is 0 Å². The molecule has 2 aromatic carbocycles. The highest BCUT2D eigenvalue weighted by Gasteiger charge is 2.11. The molecule has 7 nitrogen and oxygen atoms in total. The maximum atomic E-state index is 12.3. The van der Waals surface area contributed by atoms with E-state index in [-0.39, 0.29) is 6.61 Å². The molecule has 0 heterocycles. The van der Waals surface area contributed by atoms with Crippen molar-refractivity contribution in [2.45, 2.75) is 46.5 Å². The first-order valence-corrected chi connectivity index (χ1v) is 11.6. The highest BCUT2D eigenvalue weighted by atomic mass is 35.5. The molecule has 184 valence electrons. The summed E-state index contributed by atoms with van der Waals surface area (Å²) in [5.74, 6) is -0.674. The molecule has 1 N–H and O–H groups in total. The van der Waals surface area contributed by atoms with Crippen LogP contribution >= 0.6 is 11.6 Å². The Morgan fingerprint density at radius 1 is 1.03 bits per heavy atom. The maximum absolute atomic E-state index is 12.3. The maximum Gasteiger partial charge on any atom is 0.262 e. The molecular weight excluding hydrogens is 458 g/mol. The largest absolute Gasteiger partial charge is 0.543 e. The van der Waals surface area contributed by atoms with Gasteiger partial charge < -0.3 is 29.4 Å². The van der Waals surface area contributed by atoms with Crippen LogP contribution in [-0.4, -0.2) is 32.2 Å². The fourth-order valence-electron chi connectivity index (χ4n) is 3.24. The summed E-state index contributed by atoms with van der Waals surface area (Å²) < 4.78 is 16.6. The van der Waals surface area contributed by atoms with Gasteiger partial charge in [-0.2, -0.15) is 0 Å². The minimum absolute atomic E-state index is 0.376. The monoisotopic (exact) mass is 488 g/mol. The number of benzene rings is 2. The summed E-state index contributed by atoms with van der Waals surface area (Å²) in [5.41, 5.74) is 1.73. The lowest BCUT2D eigenvalue weighted by Crippen LogP contribution is -2.37. The summed E-state index contributed by atoms with van der Waals surface area (Å²) in [6, 6.07) is 8.42. The van der Waals surface area contributed by atoms with Gasteiger partial charge >= 0.3 is 0 Å². The van der Waals surface area contributed by atoms with E-state index in [0.29, 0.717) is 34.4 Å². The normalized spacial score (nSPS) is 11.1. The van der Waals surface area contributed by atoms with Gasteiger partial charge in [-0.1, -0.05) is 43.9 Å². The Morgan fingerprint density at radius 2 is 1.74 bits per heavy atom. The van der Waals surface area contributed by atoms with Gasteiger partial charge in [0, 0.05) is 5.02 Å². The Balaban J connectivity index is 2.04. The van der Waals surface area contributed by atoms with E-state index in [4.69, 9.17) is 25.8 Å². The number of rotatable bonds is 13. The summed E-state index contributed by atoms with van der Waals surface area (Å²) in [4.78, 5) is 23.9. The van der Waals surface area contributed by atoms with Crippen molar-refractivity contribution in [2.75, 3.05) is 20.3 Å². The van der Waals surface area contributed by atoms with Gasteiger partial charge in [0.05, 0.1) is 25.4 Å². The Kier molecular flexibility index (Phi) is 10.7. The fraction of sp³-hybridized carbons (Fsp3) is 0.385. The quantitative estimate of drug-likeness (QED) is 0.335. The van der Waals surface area contributed by atoms with E-state index in [2.05, 4.69) is 12.2 Å². The molecule has 0 fully saturated rings. The molecule has 2 rings (SSSR count). The minimum atomic E-state index is -1.53. The van der Waals surface area contributed by atoms with Crippen LogP contribution in [0, 0.1) is 13.8 Å². The number of carboxylic acid groups (broad SMARTS) is 1. The molecule has 0 aliphatic heterocycles. The molecule has 2 aromatic rings. The van der Waals surface area contributed by atoms with Crippen molar-refractivity contribution in [3.05, 3.63) is 57.7 Å². The second-order valence-electron chi connectivity index (χ2n) is 7.87. The molecular formula is C26H31ClNO6-. The van der Waals surface area contributed by atoms with E-state index in [1.54, 1.807) is 30.3 Å². The molecule has 0 bridgehead atoms. The third kappa shape index (κ3) is 8.30. The van der Waals surface area contributed by atoms with E-state index in [9.17, 15) is 14.7 Å². The van der Waals surface area contributed by atoms with Crippen molar-refractivity contribution in [3.8, 4) is 17.2 Å². The average Bonchev–Trinajstić information content (AvgIpc) is 2.81. The Labute approximate surface area is 205 Å². The number of amides is 1. The first-order chi connectivity index (χ1) is 16.2. The molecule has 34 heavy (non-hydrogen) atoms. The third-order valence-corrected chi connectivity index (χ3v) is 5.62. The van der Waals surface area contributed by atoms with Crippen molar-refractivity contribution in [3.63, 3.8) is 0 Å². The zero-order valence-corrected chi connectivity index (χ0v) is 20.8. The van der Waals surface area contributed by atoms with Gasteiger partial charge in [-0.25, -0.2) is 0 Å². The average molecular weight is 489 g/mol. The van der Waals surface area contributed by atoms with Gasteiger partial charge in [-0.05, 0) is 67.3 Å². The van der Waals surface area contributed by atoms with Crippen molar-refractivity contribution in [1.82, 2.24) is 5.32 Å². The number of unbranched alkanes of at least 4 members (excludes halogenated alkanes) is 3. The number of aryl methyl sites for hydroxylation is 2. The number of aliphatic carboxylic acids is 1. The minimum Gasteiger partial charge on any atom is -0.543 e. The third-order valence-electron chi connectivity index (χ3n) is 5.03. The zero-order valence-electron chi connectivity index (χ0n) is 20.0. The summed E-state index contributed by atoms with van der Waals surface area (Å²) >= 11 is 6.14. The number of hydrogen-bond donors (Lipinski definition) is 1. The SMILES string of the molecule is CCCCCCOc1ccc(/C=C(/NC(=O)COc2cc(C)c(Cl)c(C)c2)C(=O)[O-])cc1OC. The molecule has 1 amide bonds. The molecule has 0 saturated heterocycles. The second kappa shape index (κ2) is 13.5. The topological polar surface area (TPSA) is 96.9 Å². The summed E-state index contributed by atoms with van der Waals surface area (Å²) in [7, 11) is 1.51. The van der Waals surface area contributed by atoms with Crippen LogP contribution in [0.5, 0.6) is 17.2 Å². The van der Waals surface area contributed by atoms with E-state index in [1.807, 2.05) is 13.8 Å². The first kappa shape index (κ1) is 27.1. The molecule has 0 aliphatic rings. The van der Waals surface area contributed by atoms with Crippen LogP contribution in [0.3, 0.4) is 0 Å². The molecule has 0 atom stereocenters. The predicted molar refractivity (Wildman–Crippen MR) is 130 cm³/mol. The molecule has 0 unspecified atom stereocenters. The van der Waals surface area contributed by atoms with Crippen LogP contribution in [0.2, 0.25) is 5.02 Å². The molecule has 0 aromatic heterocycles. The Bertz CT molecular complexity index is 1010. The van der Waals surface area contributed by atoms with Gasteiger partial charge in [0.15, 0.2) is 18.1 Å². The lowest BCUT2D eigenvalue weighted by atomic mass is 10.1. The number of nitrogens with one attached hydrogen (secondary N) is 1. The van der Waals surface area contributed by atoms with Gasteiger partial charge in [0.2, 0.25) is 0 Å². The zero-order chi connectivity index (χ0) is 25.1. The van der Waals surface area contributed by atoms with E-state index in [0.717, 1.165) is 36.8 Å². The smallest absolute Gasteiger partial charge is 0.262 e. The van der Waals surface area contributed by atoms with Crippen LogP contribution in [0.15, 0.2) is 36.0 Å². The second-order valence-corrected chi connectivity index (χ2v) is 8.25. The summed E-state index contributed by atoms with van der Waals surface area (Å²) in [6.07, 6.45) is 5.63. The number of carboxylic acids is 1. The summed E-state index contributed by atoms with van der Waals surface area (Å²) in [5, 5.41) is 14.5. The highest BCUT2D eigenvalue weighted by molar-refractivity contribution is 6.32. The van der Waals surface area contributed by atoms with Crippen LogP contribution < -0.4 is 24.6 Å². The molecule has 0 spiro atoms. The Hall–Kier alpha value is -3.19. The van der Waals surface area contributed by atoms with Gasteiger partial charge in [-0.15, -0.1) is 0 Å². The number of methoxy groups -OCH3 is 1. The van der Waals surface area contributed by atoms with Crippen LogP contribution in [0.4, 0.5) is 0 Å². The van der Waals surface area contributed by atoms with Crippen LogP contribution in [0.25, 0.3) is 6.08 Å². The van der Waals surface area contributed by atoms with Crippen molar-refractivity contribution >= 4 is 29.6 Å². The number of carbonyl (C=O) groups is 2. The lowest BCUT2D eigenvalue weighted by molar-refractivity contribution is -0.299.